The summed E-state index contributed by atoms with van der Waals surface area (Å²) in [5.74, 6) is 0.307. The van der Waals surface area contributed by atoms with E-state index in [0.29, 0.717) is 29.9 Å². The molecule has 0 radical (unpaired) electrons. The number of likely N-dealkylation sites (N-methyl/N-ethyl adjacent to an activating group) is 1. The molecule has 1 N–H and O–H groups in total. The van der Waals surface area contributed by atoms with Crippen LogP contribution in [0.4, 0.5) is 13.2 Å². The van der Waals surface area contributed by atoms with Crippen LogP contribution in [0.2, 0.25) is 0 Å². The molecule has 7 heteroatoms. The fourth-order valence-electron chi connectivity index (χ4n) is 2.51. The minimum Gasteiger partial charge on any atom is -0.306 e. The van der Waals surface area contributed by atoms with Crippen LogP contribution in [0.5, 0.6) is 0 Å². The van der Waals surface area contributed by atoms with Crippen LogP contribution in [-0.2, 0) is 19.1 Å². The van der Waals surface area contributed by atoms with Gasteiger partial charge in [-0.15, -0.1) is 0 Å². The van der Waals surface area contributed by atoms with Gasteiger partial charge in [0.1, 0.15) is 5.82 Å². The third-order valence-corrected chi connectivity index (χ3v) is 3.75. The molecule has 0 spiro atoms. The predicted octanol–water partition coefficient (Wildman–Crippen LogP) is 2.44. The summed E-state index contributed by atoms with van der Waals surface area (Å²) in [7, 11) is 1.92. The zero-order valence-electron chi connectivity index (χ0n) is 11.9. The van der Waals surface area contributed by atoms with Crippen molar-refractivity contribution in [2.45, 2.75) is 19.1 Å². The molecule has 1 aromatic carbocycles. The first-order valence-electron chi connectivity index (χ1n) is 6.83. The fraction of sp³-hybridized carbons (Fsp3) is 0.333. The Morgan fingerprint density at radius 3 is 2.55 bits per heavy atom. The van der Waals surface area contributed by atoms with Crippen LogP contribution in [0.15, 0.2) is 29.1 Å². The maximum Gasteiger partial charge on any atom is 0.416 e. The van der Waals surface area contributed by atoms with Crippen LogP contribution < -0.4 is 5.56 Å². The molecule has 1 aliphatic rings. The van der Waals surface area contributed by atoms with Gasteiger partial charge >= 0.3 is 6.18 Å². The number of alkyl halides is 3. The molecule has 0 amide bonds. The van der Waals surface area contributed by atoms with E-state index < -0.39 is 11.7 Å². The zero-order valence-corrected chi connectivity index (χ0v) is 11.9. The molecular formula is C15H14F3N3O. The Balaban J connectivity index is 1.99. The molecule has 0 bridgehead atoms. The average molecular weight is 309 g/mol. The molecule has 22 heavy (non-hydrogen) atoms. The first kappa shape index (κ1) is 14.8. The van der Waals surface area contributed by atoms with Gasteiger partial charge < -0.3 is 9.88 Å². The monoisotopic (exact) mass is 309 g/mol. The van der Waals surface area contributed by atoms with Gasteiger partial charge in [-0.05, 0) is 19.2 Å². The fourth-order valence-corrected chi connectivity index (χ4v) is 2.51. The minimum absolute atomic E-state index is 0.230. The average Bonchev–Trinajstić information content (AvgIpc) is 2.47. The topological polar surface area (TPSA) is 49.0 Å². The maximum atomic E-state index is 12.6. The summed E-state index contributed by atoms with van der Waals surface area (Å²) in [6.45, 7) is 1.33. The van der Waals surface area contributed by atoms with E-state index in [1.165, 1.54) is 12.1 Å². The van der Waals surface area contributed by atoms with E-state index >= 15 is 0 Å². The highest BCUT2D eigenvalue weighted by atomic mass is 19.4. The molecule has 0 aliphatic carbocycles. The maximum absolute atomic E-state index is 12.6. The number of fused-ring (bicyclic) bond motifs is 1. The highest BCUT2D eigenvalue weighted by Gasteiger charge is 2.30. The van der Waals surface area contributed by atoms with E-state index in [9.17, 15) is 18.0 Å². The quantitative estimate of drug-likeness (QED) is 0.880. The van der Waals surface area contributed by atoms with Crippen molar-refractivity contribution in [1.82, 2.24) is 14.9 Å². The number of nitrogens with zero attached hydrogens (tertiary/aromatic N) is 2. The van der Waals surface area contributed by atoms with Gasteiger partial charge in [-0.2, -0.15) is 13.2 Å². The molecule has 2 aromatic rings. The Kier molecular flexibility index (Phi) is 3.52. The molecule has 0 unspecified atom stereocenters. The molecule has 1 aromatic heterocycles. The SMILES string of the molecule is CN1CCc2nc(-c3ccc(C(F)(F)F)cc3)[nH]c(=O)c2C1. The van der Waals surface area contributed by atoms with E-state index in [2.05, 4.69) is 9.97 Å². The lowest BCUT2D eigenvalue weighted by molar-refractivity contribution is -0.137. The molecule has 0 saturated heterocycles. The first-order chi connectivity index (χ1) is 10.3. The molecule has 4 nitrogen and oxygen atoms in total. The lowest BCUT2D eigenvalue weighted by Gasteiger charge is -2.23. The summed E-state index contributed by atoms with van der Waals surface area (Å²) in [5.41, 5.74) is 0.859. The van der Waals surface area contributed by atoms with E-state index in [1.807, 2.05) is 11.9 Å². The highest BCUT2D eigenvalue weighted by molar-refractivity contribution is 5.56. The molecule has 0 fully saturated rings. The lowest BCUT2D eigenvalue weighted by atomic mass is 10.1. The van der Waals surface area contributed by atoms with Crippen LogP contribution in [0, 0.1) is 0 Å². The number of nitrogens with one attached hydrogen (secondary N) is 1. The van der Waals surface area contributed by atoms with Crippen LogP contribution in [0.25, 0.3) is 11.4 Å². The lowest BCUT2D eigenvalue weighted by Crippen LogP contribution is -2.33. The van der Waals surface area contributed by atoms with E-state index in [4.69, 9.17) is 0 Å². The smallest absolute Gasteiger partial charge is 0.306 e. The molecular weight excluding hydrogens is 295 g/mol. The Labute approximate surface area is 124 Å². The van der Waals surface area contributed by atoms with Crippen LogP contribution in [0.3, 0.4) is 0 Å². The van der Waals surface area contributed by atoms with Crippen molar-refractivity contribution in [3.8, 4) is 11.4 Å². The second kappa shape index (κ2) is 5.24. The summed E-state index contributed by atoms with van der Waals surface area (Å²) >= 11 is 0. The highest BCUT2D eigenvalue weighted by Crippen LogP contribution is 2.30. The number of benzene rings is 1. The van der Waals surface area contributed by atoms with Gasteiger partial charge in [0.15, 0.2) is 0 Å². The number of aromatic nitrogens is 2. The second-order valence-electron chi connectivity index (χ2n) is 5.40. The molecule has 1 aliphatic heterocycles. The van der Waals surface area contributed by atoms with Crippen molar-refractivity contribution in [3.63, 3.8) is 0 Å². The molecule has 0 saturated carbocycles. The van der Waals surface area contributed by atoms with Crippen molar-refractivity contribution in [1.29, 1.82) is 0 Å². The zero-order chi connectivity index (χ0) is 15.9. The third kappa shape index (κ3) is 2.76. The Bertz CT molecular complexity index is 750. The molecule has 2 heterocycles. The predicted molar refractivity (Wildman–Crippen MR) is 75.3 cm³/mol. The summed E-state index contributed by atoms with van der Waals surface area (Å²) in [4.78, 5) is 21.2. The van der Waals surface area contributed by atoms with Crippen molar-refractivity contribution < 1.29 is 13.2 Å². The van der Waals surface area contributed by atoms with Crippen LogP contribution in [0.1, 0.15) is 16.8 Å². The normalized spacial score (nSPS) is 15.6. The van der Waals surface area contributed by atoms with Gasteiger partial charge in [0.25, 0.3) is 5.56 Å². The van der Waals surface area contributed by atoms with Gasteiger partial charge in [-0.3, -0.25) is 4.79 Å². The van der Waals surface area contributed by atoms with E-state index in [-0.39, 0.29) is 5.56 Å². The van der Waals surface area contributed by atoms with Crippen LogP contribution in [-0.4, -0.2) is 28.5 Å². The molecule has 3 rings (SSSR count). The van der Waals surface area contributed by atoms with Gasteiger partial charge in [-0.1, -0.05) is 12.1 Å². The van der Waals surface area contributed by atoms with Crippen molar-refractivity contribution in [2.75, 3.05) is 13.6 Å². The number of H-pyrrole nitrogens is 1. The van der Waals surface area contributed by atoms with Crippen LogP contribution >= 0.6 is 0 Å². The van der Waals surface area contributed by atoms with Gasteiger partial charge in [0, 0.05) is 25.1 Å². The van der Waals surface area contributed by atoms with Gasteiger partial charge in [0.2, 0.25) is 0 Å². The van der Waals surface area contributed by atoms with Gasteiger partial charge in [-0.25, -0.2) is 4.98 Å². The summed E-state index contributed by atoms with van der Waals surface area (Å²) in [5, 5.41) is 0. The van der Waals surface area contributed by atoms with Gasteiger partial charge in [0.05, 0.1) is 16.8 Å². The Morgan fingerprint density at radius 1 is 1.23 bits per heavy atom. The van der Waals surface area contributed by atoms with Crippen molar-refractivity contribution in [2.24, 2.45) is 0 Å². The van der Waals surface area contributed by atoms with Crippen molar-refractivity contribution in [3.05, 3.63) is 51.4 Å². The molecule has 0 atom stereocenters. The number of hydrogen-bond acceptors (Lipinski definition) is 3. The second-order valence-corrected chi connectivity index (χ2v) is 5.40. The summed E-state index contributed by atoms with van der Waals surface area (Å²) in [6, 6.07) is 4.62. The Hall–Kier alpha value is -2.15. The summed E-state index contributed by atoms with van der Waals surface area (Å²) < 4.78 is 37.7. The minimum atomic E-state index is -4.38. The summed E-state index contributed by atoms with van der Waals surface area (Å²) in [6.07, 6.45) is -3.72. The van der Waals surface area contributed by atoms with E-state index in [1.54, 1.807) is 0 Å². The number of halogens is 3. The van der Waals surface area contributed by atoms with E-state index in [0.717, 1.165) is 24.4 Å². The third-order valence-electron chi connectivity index (χ3n) is 3.75. The number of hydrogen-bond donors (Lipinski definition) is 1. The largest absolute Gasteiger partial charge is 0.416 e. The molecule has 116 valence electrons. The first-order valence-corrected chi connectivity index (χ1v) is 6.83. The Morgan fingerprint density at radius 2 is 1.91 bits per heavy atom. The number of rotatable bonds is 1. The van der Waals surface area contributed by atoms with Crippen molar-refractivity contribution >= 4 is 0 Å². The standard InChI is InChI=1S/C15H14F3N3O/c1-21-7-6-12-11(8-21)14(22)20-13(19-12)9-2-4-10(5-3-9)15(16,17)18/h2-5H,6-8H2,1H3,(H,19,20,22). The number of aromatic amines is 1.